The van der Waals surface area contributed by atoms with Gasteiger partial charge in [-0.25, -0.2) is 0 Å². The zero-order valence-electron chi connectivity index (χ0n) is 8.99. The lowest BCUT2D eigenvalue weighted by atomic mass is 10.1. The van der Waals surface area contributed by atoms with Crippen LogP contribution in [0.2, 0.25) is 5.02 Å². The van der Waals surface area contributed by atoms with Crippen molar-refractivity contribution in [2.75, 3.05) is 0 Å². The first kappa shape index (κ1) is 13.4. The fourth-order valence-corrected chi connectivity index (χ4v) is 1.65. The highest BCUT2D eigenvalue weighted by molar-refractivity contribution is 6.35. The van der Waals surface area contributed by atoms with Gasteiger partial charge in [0.2, 0.25) is 0 Å². The van der Waals surface area contributed by atoms with Gasteiger partial charge < -0.3 is 14.4 Å². The molecular formula is C11H4ClF3NO3-. The molecule has 2 rings (SSSR count). The summed E-state index contributed by atoms with van der Waals surface area (Å²) in [6.07, 6.45) is -4.46. The number of alkyl halides is 3. The normalized spacial score (nSPS) is 11.6. The first-order valence-corrected chi connectivity index (χ1v) is 5.22. The average molecular weight is 291 g/mol. The van der Waals surface area contributed by atoms with Crippen LogP contribution in [0.1, 0.15) is 16.1 Å². The quantitative estimate of drug-likeness (QED) is 0.851. The molecule has 1 aromatic heterocycles. The SMILES string of the molecule is O=C([O-])c1noc(-c2ccc(C(F)(F)F)cc2)c1Cl. The van der Waals surface area contributed by atoms with Crippen LogP contribution < -0.4 is 5.11 Å². The number of carbonyl (C=O) groups is 1. The predicted octanol–water partition coefficient (Wildman–Crippen LogP) is 2.38. The van der Waals surface area contributed by atoms with Crippen LogP contribution in [0.4, 0.5) is 13.2 Å². The molecule has 0 bridgehead atoms. The summed E-state index contributed by atoms with van der Waals surface area (Å²) in [4.78, 5) is 10.6. The number of carboxylic acid groups (broad SMARTS) is 1. The van der Waals surface area contributed by atoms with Crippen molar-refractivity contribution in [2.24, 2.45) is 0 Å². The molecule has 19 heavy (non-hydrogen) atoms. The molecule has 1 heterocycles. The Labute approximate surface area is 109 Å². The van der Waals surface area contributed by atoms with E-state index in [1.165, 1.54) is 0 Å². The van der Waals surface area contributed by atoms with Crippen LogP contribution in [0.25, 0.3) is 11.3 Å². The van der Waals surface area contributed by atoms with Gasteiger partial charge in [0, 0.05) is 5.56 Å². The van der Waals surface area contributed by atoms with Gasteiger partial charge in [-0.3, -0.25) is 0 Å². The Morgan fingerprint density at radius 2 is 1.84 bits per heavy atom. The highest BCUT2D eigenvalue weighted by atomic mass is 35.5. The second-order valence-electron chi connectivity index (χ2n) is 3.54. The van der Waals surface area contributed by atoms with Crippen molar-refractivity contribution in [1.82, 2.24) is 5.16 Å². The molecule has 0 N–H and O–H groups in total. The Kier molecular flexibility index (Phi) is 3.23. The molecule has 0 aliphatic rings. The summed E-state index contributed by atoms with van der Waals surface area (Å²) in [5, 5.41) is 13.4. The molecule has 8 heteroatoms. The third kappa shape index (κ3) is 2.55. The standard InChI is InChI=1S/C11H5ClF3NO3/c12-7-8(10(17)18)16-19-9(7)5-1-3-6(4-2-5)11(13,14)15/h1-4H,(H,17,18)/p-1. The molecule has 0 unspecified atom stereocenters. The second kappa shape index (κ2) is 4.58. The minimum absolute atomic E-state index is 0.130. The van der Waals surface area contributed by atoms with Crippen molar-refractivity contribution < 1.29 is 27.6 Å². The van der Waals surface area contributed by atoms with Crippen molar-refractivity contribution in [3.63, 3.8) is 0 Å². The summed E-state index contributed by atoms with van der Waals surface area (Å²) < 4.78 is 41.8. The molecule has 1 aromatic carbocycles. The molecule has 0 aliphatic heterocycles. The lowest BCUT2D eigenvalue weighted by Crippen LogP contribution is -2.22. The van der Waals surface area contributed by atoms with Gasteiger partial charge in [0.15, 0.2) is 5.76 Å². The van der Waals surface area contributed by atoms with Gasteiger partial charge in [-0.2, -0.15) is 13.2 Å². The zero-order valence-corrected chi connectivity index (χ0v) is 9.75. The number of aromatic carboxylic acids is 1. The van der Waals surface area contributed by atoms with E-state index in [0.717, 1.165) is 24.3 Å². The monoisotopic (exact) mass is 290 g/mol. The molecule has 0 saturated heterocycles. The van der Waals surface area contributed by atoms with Gasteiger partial charge >= 0.3 is 6.18 Å². The van der Waals surface area contributed by atoms with Crippen LogP contribution in [0.5, 0.6) is 0 Å². The topological polar surface area (TPSA) is 66.2 Å². The Morgan fingerprint density at radius 1 is 1.26 bits per heavy atom. The molecule has 2 aromatic rings. The first-order valence-electron chi connectivity index (χ1n) is 4.85. The maximum atomic E-state index is 12.4. The molecule has 0 atom stereocenters. The van der Waals surface area contributed by atoms with Crippen molar-refractivity contribution in [3.8, 4) is 11.3 Å². The summed E-state index contributed by atoms with van der Waals surface area (Å²) in [7, 11) is 0. The zero-order chi connectivity index (χ0) is 14.2. The molecule has 0 aliphatic carbocycles. The average Bonchev–Trinajstić information content (AvgIpc) is 2.70. The van der Waals surface area contributed by atoms with Crippen LogP contribution in [0.3, 0.4) is 0 Å². The minimum atomic E-state index is -4.46. The lowest BCUT2D eigenvalue weighted by molar-refractivity contribution is -0.255. The second-order valence-corrected chi connectivity index (χ2v) is 3.91. The van der Waals surface area contributed by atoms with Crippen LogP contribution in [-0.2, 0) is 6.18 Å². The lowest BCUT2D eigenvalue weighted by Gasteiger charge is -2.06. The number of carbonyl (C=O) groups excluding carboxylic acids is 1. The summed E-state index contributed by atoms with van der Waals surface area (Å²) >= 11 is 5.68. The Hall–Kier alpha value is -2.02. The van der Waals surface area contributed by atoms with E-state index >= 15 is 0 Å². The number of aromatic nitrogens is 1. The molecule has 4 nitrogen and oxygen atoms in total. The van der Waals surface area contributed by atoms with E-state index < -0.39 is 23.4 Å². The summed E-state index contributed by atoms with van der Waals surface area (Å²) in [6.45, 7) is 0. The number of carboxylic acids is 1. The fraction of sp³-hybridized carbons (Fsp3) is 0.0909. The first-order chi connectivity index (χ1) is 8.80. The Morgan fingerprint density at radius 3 is 2.26 bits per heavy atom. The fourth-order valence-electron chi connectivity index (χ4n) is 1.40. The van der Waals surface area contributed by atoms with Gasteiger partial charge in [0.05, 0.1) is 11.5 Å². The van der Waals surface area contributed by atoms with Gasteiger partial charge in [-0.05, 0) is 12.1 Å². The smallest absolute Gasteiger partial charge is 0.416 e. The molecule has 0 fully saturated rings. The van der Waals surface area contributed by atoms with Gasteiger partial charge in [0.25, 0.3) is 0 Å². The molecular weight excluding hydrogens is 287 g/mol. The molecule has 0 amide bonds. The number of benzene rings is 1. The highest BCUT2D eigenvalue weighted by Gasteiger charge is 2.30. The van der Waals surface area contributed by atoms with Crippen LogP contribution in [-0.4, -0.2) is 11.1 Å². The van der Waals surface area contributed by atoms with Gasteiger partial charge in [-0.1, -0.05) is 28.9 Å². The maximum absolute atomic E-state index is 12.4. The van der Waals surface area contributed by atoms with Gasteiger partial charge in [0.1, 0.15) is 10.7 Å². The summed E-state index contributed by atoms with van der Waals surface area (Å²) in [5.41, 5.74) is -1.26. The number of hydrogen-bond donors (Lipinski definition) is 0. The molecule has 100 valence electrons. The van der Waals surface area contributed by atoms with Crippen LogP contribution in [0, 0.1) is 0 Å². The Bertz CT molecular complexity index is 619. The molecule has 0 spiro atoms. The van der Waals surface area contributed by atoms with E-state index in [2.05, 4.69) is 9.68 Å². The predicted molar refractivity (Wildman–Crippen MR) is 56.3 cm³/mol. The Balaban J connectivity index is 2.41. The minimum Gasteiger partial charge on any atom is -0.543 e. The number of hydrogen-bond acceptors (Lipinski definition) is 4. The van der Waals surface area contributed by atoms with Crippen molar-refractivity contribution in [2.45, 2.75) is 6.18 Å². The van der Waals surface area contributed by atoms with Gasteiger partial charge in [-0.15, -0.1) is 0 Å². The van der Waals surface area contributed by atoms with E-state index in [4.69, 9.17) is 11.6 Å². The van der Waals surface area contributed by atoms with E-state index in [1.54, 1.807) is 0 Å². The highest BCUT2D eigenvalue weighted by Crippen LogP contribution is 2.34. The van der Waals surface area contributed by atoms with E-state index in [0.29, 0.717) is 0 Å². The van der Waals surface area contributed by atoms with Crippen LogP contribution >= 0.6 is 11.6 Å². The largest absolute Gasteiger partial charge is 0.543 e. The molecule has 0 radical (unpaired) electrons. The van der Waals surface area contributed by atoms with E-state index in [1.807, 2.05) is 0 Å². The molecule has 0 saturated carbocycles. The third-order valence-corrected chi connectivity index (χ3v) is 2.65. The number of halogens is 4. The third-order valence-electron chi connectivity index (χ3n) is 2.30. The van der Waals surface area contributed by atoms with Crippen LogP contribution in [0.15, 0.2) is 28.8 Å². The van der Waals surface area contributed by atoms with E-state index in [9.17, 15) is 23.1 Å². The summed E-state index contributed by atoms with van der Waals surface area (Å²) in [5.74, 6) is -1.76. The van der Waals surface area contributed by atoms with Crippen molar-refractivity contribution >= 4 is 17.6 Å². The number of rotatable bonds is 2. The van der Waals surface area contributed by atoms with Crippen molar-refractivity contribution in [1.29, 1.82) is 0 Å². The van der Waals surface area contributed by atoms with E-state index in [-0.39, 0.29) is 16.3 Å². The number of nitrogens with zero attached hydrogens (tertiary/aromatic N) is 1. The van der Waals surface area contributed by atoms with Crippen molar-refractivity contribution in [3.05, 3.63) is 40.5 Å². The summed E-state index contributed by atoms with van der Waals surface area (Å²) in [6, 6.07) is 3.86. The maximum Gasteiger partial charge on any atom is 0.416 e.